The van der Waals surface area contributed by atoms with Crippen molar-refractivity contribution in [3.05, 3.63) is 0 Å². The largest absolute Gasteiger partial charge is 0.131 e. The molecule has 0 aliphatic rings. The van der Waals surface area contributed by atoms with Crippen molar-refractivity contribution in [3.63, 3.8) is 0 Å². The highest BCUT2D eigenvalue weighted by Gasteiger charge is 2.22. The third kappa shape index (κ3) is 13.8. The summed E-state index contributed by atoms with van der Waals surface area (Å²) in [7, 11) is 3.25. The highest BCUT2D eigenvalue weighted by atomic mass is 31.0. The number of unbranched alkanes of at least 4 members (excludes halogenated alkanes) is 10. The standard InChI is InChI=1S/C20H43P/c1-4-7-9-11-13-15-18-20(21,17-6-3)19-16-14-12-10-8-5-2/h4-19,21H2,1-3H3. The monoisotopic (exact) mass is 314 g/mol. The Kier molecular flexibility index (Phi) is 15.6. The van der Waals surface area contributed by atoms with E-state index in [1.807, 2.05) is 0 Å². The fourth-order valence-corrected chi connectivity index (χ4v) is 4.08. The van der Waals surface area contributed by atoms with E-state index in [0.717, 1.165) is 0 Å². The lowest BCUT2D eigenvalue weighted by atomic mass is 9.89. The second kappa shape index (κ2) is 15.3. The van der Waals surface area contributed by atoms with Gasteiger partial charge >= 0.3 is 0 Å². The van der Waals surface area contributed by atoms with E-state index < -0.39 is 0 Å². The molecule has 0 aromatic carbocycles. The van der Waals surface area contributed by atoms with Gasteiger partial charge in [-0.1, -0.05) is 104 Å². The Morgan fingerprint density at radius 2 is 0.857 bits per heavy atom. The molecule has 0 bridgehead atoms. The van der Waals surface area contributed by atoms with Crippen LogP contribution in [0.25, 0.3) is 0 Å². The predicted octanol–water partition coefficient (Wildman–Crippen LogP) is 7.90. The number of hydrogen-bond acceptors (Lipinski definition) is 0. The smallest absolute Gasteiger partial charge is 0.0150 e. The van der Waals surface area contributed by atoms with Crippen LogP contribution < -0.4 is 0 Å². The van der Waals surface area contributed by atoms with E-state index in [-0.39, 0.29) is 0 Å². The fourth-order valence-electron chi connectivity index (χ4n) is 3.39. The molecule has 0 amide bonds. The van der Waals surface area contributed by atoms with Gasteiger partial charge in [-0.2, -0.15) is 0 Å². The maximum atomic E-state index is 3.25. The van der Waals surface area contributed by atoms with E-state index in [1.165, 1.54) is 103 Å². The zero-order valence-corrected chi connectivity index (χ0v) is 16.5. The Bertz CT molecular complexity index is 184. The number of hydrogen-bond donors (Lipinski definition) is 0. The van der Waals surface area contributed by atoms with Gasteiger partial charge in [0.15, 0.2) is 0 Å². The van der Waals surface area contributed by atoms with Crippen molar-refractivity contribution in [2.24, 2.45) is 0 Å². The van der Waals surface area contributed by atoms with Gasteiger partial charge in [-0.15, -0.1) is 9.24 Å². The second-order valence-electron chi connectivity index (χ2n) is 7.15. The molecule has 128 valence electrons. The number of rotatable bonds is 16. The molecule has 0 heterocycles. The van der Waals surface area contributed by atoms with Gasteiger partial charge in [0.05, 0.1) is 0 Å². The van der Waals surface area contributed by atoms with Crippen molar-refractivity contribution in [3.8, 4) is 0 Å². The summed E-state index contributed by atoms with van der Waals surface area (Å²) in [5.41, 5.74) is 0. The van der Waals surface area contributed by atoms with Crippen molar-refractivity contribution >= 4 is 9.24 Å². The summed E-state index contributed by atoms with van der Waals surface area (Å²) in [5.74, 6) is 0. The molecule has 0 spiro atoms. The van der Waals surface area contributed by atoms with E-state index in [4.69, 9.17) is 0 Å². The zero-order valence-electron chi connectivity index (χ0n) is 15.4. The average Bonchev–Trinajstić information content (AvgIpc) is 2.47. The summed E-state index contributed by atoms with van der Waals surface area (Å²) >= 11 is 0. The van der Waals surface area contributed by atoms with E-state index in [2.05, 4.69) is 30.0 Å². The van der Waals surface area contributed by atoms with Crippen molar-refractivity contribution in [2.45, 2.75) is 129 Å². The molecule has 21 heavy (non-hydrogen) atoms. The lowest BCUT2D eigenvalue weighted by Gasteiger charge is -2.29. The van der Waals surface area contributed by atoms with Gasteiger partial charge in [-0.05, 0) is 24.4 Å². The molecule has 0 aliphatic heterocycles. The van der Waals surface area contributed by atoms with Gasteiger partial charge in [0.2, 0.25) is 0 Å². The lowest BCUT2D eigenvalue weighted by molar-refractivity contribution is 0.416. The van der Waals surface area contributed by atoms with Crippen molar-refractivity contribution in [2.75, 3.05) is 0 Å². The summed E-state index contributed by atoms with van der Waals surface area (Å²) in [6.07, 6.45) is 22.8. The van der Waals surface area contributed by atoms with Crippen LogP contribution in [0, 0.1) is 0 Å². The minimum atomic E-state index is 0.560. The summed E-state index contributed by atoms with van der Waals surface area (Å²) in [4.78, 5) is 0. The van der Waals surface area contributed by atoms with Gasteiger partial charge < -0.3 is 0 Å². The van der Waals surface area contributed by atoms with Gasteiger partial charge in [0.25, 0.3) is 0 Å². The first-order chi connectivity index (χ1) is 10.2. The third-order valence-electron chi connectivity index (χ3n) is 4.80. The van der Waals surface area contributed by atoms with E-state index in [0.29, 0.717) is 5.16 Å². The fraction of sp³-hybridized carbons (Fsp3) is 1.00. The molecule has 0 radical (unpaired) electrons. The van der Waals surface area contributed by atoms with Crippen LogP contribution in [0.3, 0.4) is 0 Å². The summed E-state index contributed by atoms with van der Waals surface area (Å²) < 4.78 is 0. The van der Waals surface area contributed by atoms with Crippen LogP contribution in [-0.4, -0.2) is 5.16 Å². The SMILES string of the molecule is CCCCCCCCC(P)(CCC)CCCCCCCC. The molecule has 0 saturated carbocycles. The summed E-state index contributed by atoms with van der Waals surface area (Å²) in [5, 5.41) is 0.560. The Labute approximate surface area is 138 Å². The molecule has 0 aliphatic carbocycles. The first-order valence-corrected chi connectivity index (χ1v) is 10.5. The van der Waals surface area contributed by atoms with Crippen LogP contribution in [0.15, 0.2) is 0 Å². The Balaban J connectivity index is 3.73. The molecule has 0 aromatic rings. The highest BCUT2D eigenvalue weighted by Crippen LogP contribution is 2.36. The quantitative estimate of drug-likeness (QED) is 0.200. The molecule has 0 aromatic heterocycles. The van der Waals surface area contributed by atoms with Gasteiger partial charge in [-0.3, -0.25) is 0 Å². The average molecular weight is 315 g/mol. The first kappa shape index (κ1) is 21.4. The molecule has 0 nitrogen and oxygen atoms in total. The predicted molar refractivity (Wildman–Crippen MR) is 103 cm³/mol. The zero-order chi connectivity index (χ0) is 15.8. The van der Waals surface area contributed by atoms with Crippen molar-refractivity contribution in [1.29, 1.82) is 0 Å². The van der Waals surface area contributed by atoms with Crippen LogP contribution in [0.5, 0.6) is 0 Å². The van der Waals surface area contributed by atoms with Gasteiger partial charge in [-0.25, -0.2) is 0 Å². The molecule has 0 rings (SSSR count). The van der Waals surface area contributed by atoms with E-state index >= 15 is 0 Å². The first-order valence-electron chi connectivity index (χ1n) is 9.97. The third-order valence-corrected chi connectivity index (χ3v) is 5.67. The highest BCUT2D eigenvalue weighted by molar-refractivity contribution is 7.19. The molecule has 1 heteroatoms. The Morgan fingerprint density at radius 3 is 1.24 bits per heavy atom. The van der Waals surface area contributed by atoms with Crippen LogP contribution in [0.2, 0.25) is 0 Å². The van der Waals surface area contributed by atoms with Gasteiger partial charge in [0.1, 0.15) is 0 Å². The van der Waals surface area contributed by atoms with Crippen LogP contribution >= 0.6 is 9.24 Å². The maximum absolute atomic E-state index is 3.25. The van der Waals surface area contributed by atoms with E-state index in [9.17, 15) is 0 Å². The Hall–Kier alpha value is 0.430. The molecule has 0 N–H and O–H groups in total. The molecular weight excluding hydrogens is 271 g/mol. The maximum Gasteiger partial charge on any atom is -0.0150 e. The van der Waals surface area contributed by atoms with Crippen LogP contribution in [0.1, 0.15) is 124 Å². The second-order valence-corrected chi connectivity index (χ2v) is 8.37. The molecule has 1 atom stereocenters. The molecular formula is C20H43P. The lowest BCUT2D eigenvalue weighted by Crippen LogP contribution is -2.20. The van der Waals surface area contributed by atoms with E-state index in [1.54, 1.807) is 0 Å². The van der Waals surface area contributed by atoms with Crippen LogP contribution in [-0.2, 0) is 0 Å². The topological polar surface area (TPSA) is 0 Å². The summed E-state index contributed by atoms with van der Waals surface area (Å²) in [6, 6.07) is 0. The van der Waals surface area contributed by atoms with Gasteiger partial charge in [0, 0.05) is 0 Å². The molecule has 0 saturated heterocycles. The van der Waals surface area contributed by atoms with Crippen molar-refractivity contribution < 1.29 is 0 Å². The van der Waals surface area contributed by atoms with Crippen LogP contribution in [0.4, 0.5) is 0 Å². The normalized spacial score (nSPS) is 12.0. The molecule has 1 unspecified atom stereocenters. The van der Waals surface area contributed by atoms with Crippen molar-refractivity contribution in [1.82, 2.24) is 0 Å². The minimum Gasteiger partial charge on any atom is -0.131 e. The minimum absolute atomic E-state index is 0.560. The Morgan fingerprint density at radius 1 is 0.476 bits per heavy atom. The summed E-state index contributed by atoms with van der Waals surface area (Å²) in [6.45, 7) is 6.95. The molecule has 0 fully saturated rings.